The summed E-state index contributed by atoms with van der Waals surface area (Å²) in [5.41, 5.74) is 1.01. The standard InChI is InChI=1S/C12H17ClN6/c1-3-5-15-11(7-12-16-18-19(2)17-12)9-4-6-14-8-10(9)13/h4,6,8,11,15H,3,5,7H2,1-2H3. The van der Waals surface area contributed by atoms with Crippen LogP contribution in [0, 0.1) is 0 Å². The van der Waals surface area contributed by atoms with E-state index < -0.39 is 0 Å². The summed E-state index contributed by atoms with van der Waals surface area (Å²) in [4.78, 5) is 5.47. The number of pyridine rings is 1. The average molecular weight is 281 g/mol. The van der Waals surface area contributed by atoms with Crippen molar-refractivity contribution in [3.63, 3.8) is 0 Å². The molecule has 102 valence electrons. The molecule has 0 bridgehead atoms. The van der Waals surface area contributed by atoms with E-state index in [0.29, 0.717) is 17.3 Å². The van der Waals surface area contributed by atoms with Crippen LogP contribution >= 0.6 is 11.6 Å². The van der Waals surface area contributed by atoms with Crippen molar-refractivity contribution in [3.8, 4) is 0 Å². The van der Waals surface area contributed by atoms with Gasteiger partial charge in [-0.1, -0.05) is 18.5 Å². The fourth-order valence-corrected chi connectivity index (χ4v) is 2.12. The normalized spacial score (nSPS) is 12.6. The summed E-state index contributed by atoms with van der Waals surface area (Å²) in [5, 5.41) is 16.2. The first-order valence-corrected chi connectivity index (χ1v) is 6.64. The number of aromatic nitrogens is 5. The van der Waals surface area contributed by atoms with E-state index in [1.54, 1.807) is 19.4 Å². The molecule has 19 heavy (non-hydrogen) atoms. The zero-order valence-electron chi connectivity index (χ0n) is 11.0. The summed E-state index contributed by atoms with van der Waals surface area (Å²) in [6.07, 6.45) is 5.10. The van der Waals surface area contributed by atoms with E-state index in [-0.39, 0.29) is 6.04 Å². The second-order valence-electron chi connectivity index (χ2n) is 4.30. The summed E-state index contributed by atoms with van der Waals surface area (Å²) >= 11 is 6.21. The number of rotatable bonds is 6. The van der Waals surface area contributed by atoms with Crippen molar-refractivity contribution < 1.29 is 0 Å². The number of hydrogen-bond acceptors (Lipinski definition) is 5. The summed E-state index contributed by atoms with van der Waals surface area (Å²) < 4.78 is 0. The Kier molecular flexibility index (Phi) is 4.81. The van der Waals surface area contributed by atoms with Gasteiger partial charge < -0.3 is 5.32 Å². The zero-order chi connectivity index (χ0) is 13.7. The first kappa shape index (κ1) is 13.9. The topological polar surface area (TPSA) is 68.5 Å². The van der Waals surface area contributed by atoms with Gasteiger partial charge in [0.05, 0.1) is 12.1 Å². The van der Waals surface area contributed by atoms with Crippen LogP contribution in [0.3, 0.4) is 0 Å². The predicted molar refractivity (Wildman–Crippen MR) is 72.8 cm³/mol. The van der Waals surface area contributed by atoms with Crippen LogP contribution in [0.25, 0.3) is 0 Å². The summed E-state index contributed by atoms with van der Waals surface area (Å²) in [7, 11) is 1.75. The fourth-order valence-electron chi connectivity index (χ4n) is 1.87. The highest BCUT2D eigenvalue weighted by Crippen LogP contribution is 2.23. The highest BCUT2D eigenvalue weighted by atomic mass is 35.5. The minimum Gasteiger partial charge on any atom is -0.310 e. The predicted octanol–water partition coefficient (Wildman–Crippen LogP) is 1.54. The van der Waals surface area contributed by atoms with Gasteiger partial charge in [0.25, 0.3) is 0 Å². The molecule has 1 atom stereocenters. The largest absolute Gasteiger partial charge is 0.310 e. The van der Waals surface area contributed by atoms with Crippen molar-refractivity contribution >= 4 is 11.6 Å². The number of halogens is 1. The Hall–Kier alpha value is -1.53. The molecule has 6 nitrogen and oxygen atoms in total. The number of aryl methyl sites for hydroxylation is 1. The monoisotopic (exact) mass is 280 g/mol. The fraction of sp³-hybridized carbons (Fsp3) is 0.500. The molecule has 1 unspecified atom stereocenters. The molecule has 2 aromatic rings. The molecule has 0 fully saturated rings. The quantitative estimate of drug-likeness (QED) is 0.869. The molecule has 2 rings (SSSR count). The molecule has 0 saturated heterocycles. The van der Waals surface area contributed by atoms with Gasteiger partial charge in [-0.2, -0.15) is 4.80 Å². The molecule has 2 heterocycles. The SMILES string of the molecule is CCCNC(Cc1nnn(C)n1)c1ccncc1Cl. The van der Waals surface area contributed by atoms with Crippen LogP contribution < -0.4 is 5.32 Å². The molecule has 0 aliphatic heterocycles. The number of hydrogen-bond donors (Lipinski definition) is 1. The van der Waals surface area contributed by atoms with Crippen LogP contribution in [-0.4, -0.2) is 31.7 Å². The maximum absolute atomic E-state index is 6.21. The van der Waals surface area contributed by atoms with E-state index in [2.05, 4.69) is 32.6 Å². The minimum atomic E-state index is 0.0691. The molecule has 0 radical (unpaired) electrons. The van der Waals surface area contributed by atoms with Gasteiger partial charge in [0.15, 0.2) is 5.82 Å². The van der Waals surface area contributed by atoms with E-state index in [9.17, 15) is 0 Å². The van der Waals surface area contributed by atoms with Gasteiger partial charge in [-0.3, -0.25) is 4.98 Å². The van der Waals surface area contributed by atoms with E-state index in [4.69, 9.17) is 11.6 Å². The lowest BCUT2D eigenvalue weighted by atomic mass is 10.0. The first-order valence-electron chi connectivity index (χ1n) is 6.26. The maximum Gasteiger partial charge on any atom is 0.176 e. The van der Waals surface area contributed by atoms with E-state index in [1.807, 2.05) is 6.07 Å². The van der Waals surface area contributed by atoms with Crippen molar-refractivity contribution in [3.05, 3.63) is 34.9 Å². The molecule has 7 heteroatoms. The van der Waals surface area contributed by atoms with E-state index in [1.165, 1.54) is 4.80 Å². The van der Waals surface area contributed by atoms with Gasteiger partial charge in [-0.15, -0.1) is 10.2 Å². The molecule has 0 amide bonds. The zero-order valence-corrected chi connectivity index (χ0v) is 11.8. The Morgan fingerprint density at radius 1 is 1.47 bits per heavy atom. The lowest BCUT2D eigenvalue weighted by Gasteiger charge is -2.18. The van der Waals surface area contributed by atoms with Crippen molar-refractivity contribution in [2.24, 2.45) is 7.05 Å². The highest BCUT2D eigenvalue weighted by molar-refractivity contribution is 6.31. The van der Waals surface area contributed by atoms with Crippen LogP contribution in [0.15, 0.2) is 18.5 Å². The molecule has 1 N–H and O–H groups in total. The smallest absolute Gasteiger partial charge is 0.176 e. The van der Waals surface area contributed by atoms with Crippen molar-refractivity contribution in [1.82, 2.24) is 30.5 Å². The van der Waals surface area contributed by atoms with Crippen LogP contribution in [0.4, 0.5) is 0 Å². The summed E-state index contributed by atoms with van der Waals surface area (Å²) in [5.74, 6) is 0.698. The molecule has 2 aromatic heterocycles. The van der Waals surface area contributed by atoms with Gasteiger partial charge in [0.2, 0.25) is 0 Å². The summed E-state index contributed by atoms with van der Waals surface area (Å²) in [6, 6.07) is 1.99. The number of nitrogens with one attached hydrogen (secondary N) is 1. The molecular weight excluding hydrogens is 264 g/mol. The number of nitrogens with zero attached hydrogens (tertiary/aromatic N) is 5. The van der Waals surface area contributed by atoms with Crippen LogP contribution in [0.2, 0.25) is 5.02 Å². The van der Waals surface area contributed by atoms with Gasteiger partial charge >= 0.3 is 0 Å². The Morgan fingerprint density at radius 2 is 2.32 bits per heavy atom. The van der Waals surface area contributed by atoms with Gasteiger partial charge in [-0.05, 0) is 29.8 Å². The van der Waals surface area contributed by atoms with Gasteiger partial charge in [0.1, 0.15) is 0 Å². The molecule has 0 aliphatic carbocycles. The number of tetrazole rings is 1. The van der Waals surface area contributed by atoms with Crippen molar-refractivity contribution in [2.75, 3.05) is 6.54 Å². The Labute approximate surface area is 117 Å². The second-order valence-corrected chi connectivity index (χ2v) is 4.71. The summed E-state index contributed by atoms with van der Waals surface area (Å²) in [6.45, 7) is 3.03. The van der Waals surface area contributed by atoms with Gasteiger partial charge in [0, 0.05) is 24.9 Å². The lowest BCUT2D eigenvalue weighted by Crippen LogP contribution is -2.25. The van der Waals surface area contributed by atoms with E-state index in [0.717, 1.165) is 18.5 Å². The van der Waals surface area contributed by atoms with Crippen LogP contribution in [0.5, 0.6) is 0 Å². The molecule has 0 saturated carbocycles. The third-order valence-corrected chi connectivity index (χ3v) is 3.07. The Balaban J connectivity index is 2.18. The molecule has 0 aromatic carbocycles. The van der Waals surface area contributed by atoms with Crippen molar-refractivity contribution in [1.29, 1.82) is 0 Å². The van der Waals surface area contributed by atoms with Gasteiger partial charge in [-0.25, -0.2) is 0 Å². The average Bonchev–Trinajstić information content (AvgIpc) is 2.81. The maximum atomic E-state index is 6.21. The third-order valence-electron chi connectivity index (χ3n) is 2.76. The molecule has 0 spiro atoms. The molecule has 0 aliphatic rings. The van der Waals surface area contributed by atoms with E-state index >= 15 is 0 Å². The molecular formula is C12H17ClN6. The van der Waals surface area contributed by atoms with Crippen molar-refractivity contribution in [2.45, 2.75) is 25.8 Å². The highest BCUT2D eigenvalue weighted by Gasteiger charge is 2.17. The second kappa shape index (κ2) is 6.58. The lowest BCUT2D eigenvalue weighted by molar-refractivity contribution is 0.516. The van der Waals surface area contributed by atoms with Crippen LogP contribution in [-0.2, 0) is 13.5 Å². The minimum absolute atomic E-state index is 0.0691. The Bertz CT molecular complexity index is 526. The third kappa shape index (κ3) is 3.71. The van der Waals surface area contributed by atoms with Crippen LogP contribution in [0.1, 0.15) is 30.8 Å². The Morgan fingerprint density at radius 3 is 2.95 bits per heavy atom. The first-order chi connectivity index (χ1) is 9.20.